The van der Waals surface area contributed by atoms with Crippen molar-refractivity contribution in [3.8, 4) is 0 Å². The highest BCUT2D eigenvalue weighted by Gasteiger charge is 2.24. The average Bonchev–Trinajstić information content (AvgIpc) is 2.93. The van der Waals surface area contributed by atoms with Gasteiger partial charge in [0.2, 0.25) is 37.3 Å². The van der Waals surface area contributed by atoms with Crippen LogP contribution in [0.3, 0.4) is 0 Å². The highest BCUT2D eigenvalue weighted by molar-refractivity contribution is 8.01. The van der Waals surface area contributed by atoms with Gasteiger partial charge in [-0.05, 0) is 41.7 Å². The van der Waals surface area contributed by atoms with Crippen molar-refractivity contribution in [3.63, 3.8) is 0 Å². The number of carbonyl (C=O) groups excluding carboxylic acids is 6. The van der Waals surface area contributed by atoms with E-state index in [1.807, 2.05) is 27.7 Å². The number of hydrogen-bond acceptors (Lipinski definition) is 8. The number of amides is 4. The van der Waals surface area contributed by atoms with Crippen LogP contribution in [0.4, 0.5) is 10.5 Å². The Hall–Kier alpha value is -3.35. The minimum absolute atomic E-state index is 0.0772. The highest BCUT2D eigenvalue weighted by atomic mass is 32.2. The van der Waals surface area contributed by atoms with E-state index in [0.29, 0.717) is 18.7 Å². The van der Waals surface area contributed by atoms with Gasteiger partial charge in [-0.15, -0.1) is 11.8 Å². The van der Waals surface area contributed by atoms with Gasteiger partial charge >= 0.3 is 0 Å². The van der Waals surface area contributed by atoms with Gasteiger partial charge in [0, 0.05) is 32.1 Å². The van der Waals surface area contributed by atoms with E-state index in [9.17, 15) is 28.8 Å². The molecule has 1 aromatic carbocycles. The largest absolute Gasteiger partial charge is 0.469 e. The molecule has 0 bridgehead atoms. The van der Waals surface area contributed by atoms with Gasteiger partial charge in [0.05, 0.1) is 11.8 Å². The monoisotopic (exact) mass is 604 g/mol. The molecule has 0 radical (unpaired) electrons. The summed E-state index contributed by atoms with van der Waals surface area (Å²) >= 11 is 1.48. The molecular weight excluding hydrogens is 559 g/mol. The number of anilines is 1. The number of ether oxygens (including phenoxy) is 1. The van der Waals surface area contributed by atoms with Crippen molar-refractivity contribution in [1.29, 1.82) is 0 Å². The van der Waals surface area contributed by atoms with Crippen LogP contribution >= 0.6 is 11.8 Å². The van der Waals surface area contributed by atoms with E-state index in [4.69, 9.17) is 4.74 Å². The fourth-order valence-corrected chi connectivity index (χ4v) is 4.88. The van der Waals surface area contributed by atoms with E-state index < -0.39 is 17.9 Å². The molecule has 0 heterocycles. The van der Waals surface area contributed by atoms with Crippen molar-refractivity contribution in [2.24, 2.45) is 5.92 Å². The Balaban J connectivity index is 2.38. The lowest BCUT2D eigenvalue weighted by Gasteiger charge is -2.22. The number of hydrogen-bond donors (Lipinski definition) is 3. The molecule has 0 aromatic heterocycles. The standard InChI is InChI=1S/C29H45BN4O7S/c1-19(2)27(28(39)31-16-25(37)32-22-12-10-21(11-13-22)18-41-29(30)40)33-24(36)9-7-6-8-14-34(5)26(38)15-23(17-35)42-20(3)4/h10-13,17,19-20,23,27H,6-9,14-16,18,30H2,1-5H3,(H,31,39)(H,32,37)(H,33,36). The van der Waals surface area contributed by atoms with Gasteiger partial charge in [0.1, 0.15) is 18.9 Å². The molecule has 0 saturated carbocycles. The molecule has 1 rings (SSSR count). The summed E-state index contributed by atoms with van der Waals surface area (Å²) in [5.74, 6) is -1.78. The van der Waals surface area contributed by atoms with E-state index in [1.165, 1.54) is 19.6 Å². The lowest BCUT2D eigenvalue weighted by molar-refractivity contribution is -0.131. The Morgan fingerprint density at radius 2 is 1.67 bits per heavy atom. The maximum atomic E-state index is 12.7. The quantitative estimate of drug-likeness (QED) is 0.124. The second-order valence-electron chi connectivity index (χ2n) is 10.7. The number of benzene rings is 1. The molecular formula is C29H45BN4O7S. The van der Waals surface area contributed by atoms with Crippen LogP contribution in [0.5, 0.6) is 0 Å². The van der Waals surface area contributed by atoms with Crippen LogP contribution in [0.25, 0.3) is 0 Å². The highest BCUT2D eigenvalue weighted by Crippen LogP contribution is 2.19. The van der Waals surface area contributed by atoms with Gasteiger partial charge < -0.3 is 30.4 Å². The van der Waals surface area contributed by atoms with E-state index in [-0.39, 0.29) is 60.1 Å². The smallest absolute Gasteiger partial charge is 0.243 e. The van der Waals surface area contributed by atoms with Crippen LogP contribution in [0.2, 0.25) is 0 Å². The van der Waals surface area contributed by atoms with Gasteiger partial charge in [0.15, 0.2) is 0 Å². The van der Waals surface area contributed by atoms with Crippen LogP contribution in [0, 0.1) is 5.92 Å². The molecule has 11 nitrogen and oxygen atoms in total. The normalized spacial score (nSPS) is 12.3. The first kappa shape index (κ1) is 36.7. The Bertz CT molecular complexity index is 1050. The molecule has 1 aromatic rings. The van der Waals surface area contributed by atoms with Gasteiger partial charge in [-0.1, -0.05) is 46.2 Å². The molecule has 3 N–H and O–H groups in total. The zero-order valence-corrected chi connectivity index (χ0v) is 26.4. The first-order chi connectivity index (χ1) is 19.8. The van der Waals surface area contributed by atoms with Gasteiger partial charge in [0.25, 0.3) is 0 Å². The molecule has 42 heavy (non-hydrogen) atoms. The number of nitrogens with zero attached hydrogens (tertiary/aromatic N) is 1. The maximum Gasteiger partial charge on any atom is 0.243 e. The first-order valence-corrected chi connectivity index (χ1v) is 15.2. The number of thioether (sulfide) groups is 1. The van der Waals surface area contributed by atoms with Crippen LogP contribution in [-0.2, 0) is 35.3 Å². The third-order valence-electron chi connectivity index (χ3n) is 6.17. The molecule has 2 atom stereocenters. The molecule has 232 valence electrons. The predicted octanol–water partition coefficient (Wildman–Crippen LogP) is 2.27. The van der Waals surface area contributed by atoms with E-state index in [1.54, 1.807) is 36.2 Å². The minimum Gasteiger partial charge on any atom is -0.469 e. The Kier molecular flexibility index (Phi) is 17.2. The number of rotatable bonds is 19. The Labute approximate surface area is 254 Å². The SMILES string of the molecule is BC(=O)OCc1ccc(NC(=O)CNC(=O)C(NC(=O)CCCCCN(C)C(=O)CC(C=O)SC(C)C)C(C)C)cc1. The van der Waals surface area contributed by atoms with Crippen molar-refractivity contribution < 1.29 is 33.5 Å². The second kappa shape index (κ2) is 19.7. The number of nitrogens with one attached hydrogen (secondary N) is 3. The van der Waals surface area contributed by atoms with Crippen molar-refractivity contribution in [3.05, 3.63) is 29.8 Å². The number of unbranched alkanes of at least 4 members (excludes halogenated alkanes) is 2. The molecule has 0 saturated heterocycles. The zero-order chi connectivity index (χ0) is 31.7. The third kappa shape index (κ3) is 15.6. The van der Waals surface area contributed by atoms with Crippen LogP contribution in [0.15, 0.2) is 24.3 Å². The predicted molar refractivity (Wildman–Crippen MR) is 167 cm³/mol. The summed E-state index contributed by atoms with van der Waals surface area (Å²) in [7, 11) is 3.04. The van der Waals surface area contributed by atoms with Crippen LogP contribution in [0.1, 0.15) is 65.4 Å². The second-order valence-corrected chi connectivity index (χ2v) is 12.5. The van der Waals surface area contributed by atoms with E-state index in [0.717, 1.165) is 24.7 Å². The van der Waals surface area contributed by atoms with Gasteiger partial charge in [-0.3, -0.25) is 24.0 Å². The van der Waals surface area contributed by atoms with Crippen molar-refractivity contribution in [1.82, 2.24) is 15.5 Å². The van der Waals surface area contributed by atoms with Gasteiger partial charge in [-0.2, -0.15) is 0 Å². The molecule has 13 heteroatoms. The third-order valence-corrected chi connectivity index (χ3v) is 7.34. The molecule has 0 aliphatic heterocycles. The summed E-state index contributed by atoms with van der Waals surface area (Å²) in [4.78, 5) is 73.6. The van der Waals surface area contributed by atoms with Crippen molar-refractivity contribution >= 4 is 61.1 Å². The molecule has 0 aliphatic carbocycles. The van der Waals surface area contributed by atoms with Crippen LogP contribution < -0.4 is 16.0 Å². The minimum atomic E-state index is -0.788. The topological polar surface area (TPSA) is 151 Å². The summed E-state index contributed by atoms with van der Waals surface area (Å²) in [5, 5.41) is 7.94. The number of carbonyl (C=O) groups is 6. The molecule has 0 spiro atoms. The molecule has 0 fully saturated rings. The lowest BCUT2D eigenvalue weighted by atomic mass is 10.0. The summed E-state index contributed by atoms with van der Waals surface area (Å²) in [6, 6.07) is 5.99. The number of aldehydes is 1. The summed E-state index contributed by atoms with van der Waals surface area (Å²) in [5.41, 5.74) is 1.30. The van der Waals surface area contributed by atoms with Crippen molar-refractivity contribution in [2.75, 3.05) is 25.5 Å². The van der Waals surface area contributed by atoms with Gasteiger partial charge in [-0.25, -0.2) is 0 Å². The average molecular weight is 605 g/mol. The molecule has 0 aliphatic rings. The maximum absolute atomic E-state index is 12.7. The summed E-state index contributed by atoms with van der Waals surface area (Å²) < 4.78 is 4.93. The summed E-state index contributed by atoms with van der Waals surface area (Å²) in [6.07, 6.45) is 3.29. The van der Waals surface area contributed by atoms with E-state index >= 15 is 0 Å². The lowest BCUT2D eigenvalue weighted by Crippen LogP contribution is -2.51. The fourth-order valence-electron chi connectivity index (χ4n) is 3.87. The molecule has 2 unspecified atom stereocenters. The summed E-state index contributed by atoms with van der Waals surface area (Å²) in [6.45, 7) is 8.01. The van der Waals surface area contributed by atoms with Crippen molar-refractivity contribution in [2.45, 2.75) is 82.9 Å². The Morgan fingerprint density at radius 3 is 2.24 bits per heavy atom. The van der Waals surface area contributed by atoms with Crippen LogP contribution in [-0.4, -0.2) is 85.2 Å². The first-order valence-electron chi connectivity index (χ1n) is 14.3. The Morgan fingerprint density at radius 1 is 1.00 bits per heavy atom. The molecule has 4 amide bonds. The van der Waals surface area contributed by atoms with E-state index in [2.05, 4.69) is 16.0 Å². The zero-order valence-electron chi connectivity index (χ0n) is 25.6. The fraction of sp³-hybridized carbons (Fsp3) is 0.586.